The Morgan fingerprint density at radius 2 is 1.00 bits per heavy atom. The zero-order valence-corrected chi connectivity index (χ0v) is 22.5. The molecule has 4 heteroatoms. The predicted octanol–water partition coefficient (Wildman–Crippen LogP) is 10.7. The molecule has 0 spiro atoms. The molecule has 7 rings (SSSR count). The molecule has 1 N–H and O–H groups in total. The van der Waals surface area contributed by atoms with Gasteiger partial charge in [-0.3, -0.25) is 0 Å². The van der Waals surface area contributed by atoms with Gasteiger partial charge in [-0.1, -0.05) is 103 Å². The van der Waals surface area contributed by atoms with Crippen molar-refractivity contribution < 1.29 is 0 Å². The Balaban J connectivity index is 1.54. The van der Waals surface area contributed by atoms with Gasteiger partial charge in [0.25, 0.3) is 0 Å². The maximum Gasteiger partial charge on any atom is 0.0882 e. The molecule has 6 aromatic carbocycles. The maximum absolute atomic E-state index is 7.31. The van der Waals surface area contributed by atoms with Crippen molar-refractivity contribution in [1.29, 1.82) is 0 Å². The molecule has 40 heavy (non-hydrogen) atoms. The van der Waals surface area contributed by atoms with Crippen molar-refractivity contribution in [3.05, 3.63) is 157 Å². The Morgan fingerprint density at radius 1 is 0.525 bits per heavy atom. The van der Waals surface area contributed by atoms with Crippen LogP contribution in [0.5, 0.6) is 0 Å². The third kappa shape index (κ3) is 4.27. The van der Waals surface area contributed by atoms with Crippen LogP contribution in [0.2, 0.25) is 5.02 Å². The van der Waals surface area contributed by atoms with Crippen LogP contribution >= 0.6 is 11.6 Å². The summed E-state index contributed by atoms with van der Waals surface area (Å²) in [4.78, 5) is 2.22. The van der Waals surface area contributed by atoms with Gasteiger partial charge in [0.05, 0.1) is 33.1 Å². The molecule has 0 radical (unpaired) electrons. The number of fused-ring (bicyclic) bond motifs is 3. The molecule has 192 valence electrons. The Morgan fingerprint density at radius 3 is 1.55 bits per heavy atom. The number of hydrogen-bond acceptors (Lipinski definition) is 2. The van der Waals surface area contributed by atoms with Gasteiger partial charge in [-0.2, -0.15) is 0 Å². The fourth-order valence-electron chi connectivity index (χ4n) is 5.44. The smallest absolute Gasteiger partial charge is 0.0882 e. The average molecular weight is 536 g/mol. The van der Waals surface area contributed by atoms with Gasteiger partial charge < -0.3 is 14.8 Å². The van der Waals surface area contributed by atoms with Crippen molar-refractivity contribution in [2.75, 3.05) is 10.2 Å². The van der Waals surface area contributed by atoms with E-state index in [0.717, 1.165) is 45.2 Å². The van der Waals surface area contributed by atoms with Crippen LogP contribution in [0.15, 0.2) is 152 Å². The predicted molar refractivity (Wildman–Crippen MR) is 170 cm³/mol. The van der Waals surface area contributed by atoms with E-state index in [1.165, 1.54) is 10.8 Å². The minimum atomic E-state index is 0.640. The lowest BCUT2D eigenvalue weighted by Gasteiger charge is -2.28. The number of benzene rings is 6. The second-order valence-electron chi connectivity index (χ2n) is 9.69. The van der Waals surface area contributed by atoms with Gasteiger partial charge in [0.1, 0.15) is 0 Å². The molecule has 0 atom stereocenters. The molecular weight excluding hydrogens is 510 g/mol. The number of rotatable bonds is 6. The van der Waals surface area contributed by atoms with E-state index in [1.54, 1.807) is 0 Å². The first-order chi connectivity index (χ1) is 19.8. The Kier molecular flexibility index (Phi) is 6.19. The highest BCUT2D eigenvalue weighted by molar-refractivity contribution is 6.36. The minimum Gasteiger partial charge on any atom is -0.354 e. The second-order valence-corrected chi connectivity index (χ2v) is 10.1. The molecular formula is C36H26ClN3. The van der Waals surface area contributed by atoms with E-state index in [0.29, 0.717) is 5.02 Å². The van der Waals surface area contributed by atoms with Gasteiger partial charge in [-0.25, -0.2) is 0 Å². The van der Waals surface area contributed by atoms with Crippen LogP contribution in [0.3, 0.4) is 0 Å². The molecule has 0 saturated heterocycles. The third-order valence-electron chi connectivity index (χ3n) is 7.20. The molecule has 0 aliphatic carbocycles. The maximum atomic E-state index is 7.31. The Bertz CT molecular complexity index is 1840. The van der Waals surface area contributed by atoms with Gasteiger partial charge in [0, 0.05) is 27.8 Å². The molecule has 0 bridgehead atoms. The van der Waals surface area contributed by atoms with E-state index in [9.17, 15) is 0 Å². The summed E-state index contributed by atoms with van der Waals surface area (Å²) in [5.41, 5.74) is 8.06. The average Bonchev–Trinajstić information content (AvgIpc) is 3.35. The topological polar surface area (TPSA) is 20.2 Å². The summed E-state index contributed by atoms with van der Waals surface area (Å²) in [7, 11) is 0. The van der Waals surface area contributed by atoms with E-state index >= 15 is 0 Å². The molecule has 0 aliphatic heterocycles. The number of nitrogens with one attached hydrogen (secondary N) is 1. The van der Waals surface area contributed by atoms with Gasteiger partial charge in [-0.05, 0) is 60.7 Å². The minimum absolute atomic E-state index is 0.640. The molecule has 7 aromatic rings. The van der Waals surface area contributed by atoms with Crippen LogP contribution in [0.25, 0.3) is 27.5 Å². The zero-order chi connectivity index (χ0) is 26.9. The van der Waals surface area contributed by atoms with Crippen LogP contribution in [0.4, 0.5) is 28.4 Å². The van der Waals surface area contributed by atoms with Crippen molar-refractivity contribution in [1.82, 2.24) is 4.57 Å². The number of para-hydroxylation sites is 5. The molecule has 0 aliphatic rings. The highest BCUT2D eigenvalue weighted by Gasteiger charge is 2.21. The van der Waals surface area contributed by atoms with Crippen molar-refractivity contribution >= 4 is 61.8 Å². The zero-order valence-electron chi connectivity index (χ0n) is 21.7. The Hall–Kier alpha value is -4.99. The van der Waals surface area contributed by atoms with E-state index in [1.807, 2.05) is 30.3 Å². The number of aromatic nitrogens is 1. The lowest BCUT2D eigenvalue weighted by Crippen LogP contribution is -2.12. The summed E-state index contributed by atoms with van der Waals surface area (Å²) in [6, 6.07) is 52.4. The summed E-state index contributed by atoms with van der Waals surface area (Å²) >= 11 is 7.31. The molecule has 3 nitrogen and oxygen atoms in total. The first kappa shape index (κ1) is 24.1. The number of halogens is 1. The second kappa shape index (κ2) is 10.3. The van der Waals surface area contributed by atoms with Crippen LogP contribution in [0.1, 0.15) is 0 Å². The normalized spacial score (nSPS) is 11.1. The summed E-state index contributed by atoms with van der Waals surface area (Å²) in [6.07, 6.45) is 0. The molecule has 0 amide bonds. The van der Waals surface area contributed by atoms with Gasteiger partial charge in [-0.15, -0.1) is 0 Å². The summed E-state index contributed by atoms with van der Waals surface area (Å²) in [5.74, 6) is 0. The molecule has 0 unspecified atom stereocenters. The van der Waals surface area contributed by atoms with Crippen LogP contribution < -0.4 is 10.2 Å². The fraction of sp³-hybridized carbons (Fsp3) is 0. The largest absolute Gasteiger partial charge is 0.354 e. The van der Waals surface area contributed by atoms with E-state index in [4.69, 9.17) is 11.6 Å². The number of hydrogen-bond donors (Lipinski definition) is 1. The number of anilines is 5. The standard InChI is InChI=1S/C36H26ClN3/c37-36-32(38-26-14-4-1-5-15-26)24-29(40-33-22-12-10-20-30(33)31-21-11-13-23-34(31)40)25-35(36)39(27-16-6-2-7-17-27)28-18-8-3-9-19-28/h1-25,38H. The van der Waals surface area contributed by atoms with Gasteiger partial charge >= 0.3 is 0 Å². The first-order valence-electron chi connectivity index (χ1n) is 13.3. The highest BCUT2D eigenvalue weighted by Crippen LogP contribution is 2.45. The quantitative estimate of drug-likeness (QED) is 0.228. The van der Waals surface area contributed by atoms with Crippen molar-refractivity contribution in [2.24, 2.45) is 0 Å². The molecule has 1 aromatic heterocycles. The molecule has 0 saturated carbocycles. The van der Waals surface area contributed by atoms with E-state index in [2.05, 4.69) is 136 Å². The Labute approximate surface area is 238 Å². The lowest BCUT2D eigenvalue weighted by molar-refractivity contribution is 1.17. The van der Waals surface area contributed by atoms with Crippen LogP contribution in [0, 0.1) is 0 Å². The lowest BCUT2D eigenvalue weighted by atomic mass is 10.1. The number of nitrogens with zero attached hydrogens (tertiary/aromatic N) is 2. The van der Waals surface area contributed by atoms with E-state index in [-0.39, 0.29) is 0 Å². The monoisotopic (exact) mass is 535 g/mol. The van der Waals surface area contributed by atoms with E-state index < -0.39 is 0 Å². The van der Waals surface area contributed by atoms with Crippen LogP contribution in [-0.2, 0) is 0 Å². The molecule has 1 heterocycles. The van der Waals surface area contributed by atoms with Crippen molar-refractivity contribution in [3.8, 4) is 5.69 Å². The third-order valence-corrected chi connectivity index (χ3v) is 7.60. The van der Waals surface area contributed by atoms with Crippen LogP contribution in [-0.4, -0.2) is 4.57 Å². The highest BCUT2D eigenvalue weighted by atomic mass is 35.5. The summed E-state index contributed by atoms with van der Waals surface area (Å²) in [5, 5.41) is 6.67. The van der Waals surface area contributed by atoms with Crippen molar-refractivity contribution in [3.63, 3.8) is 0 Å². The summed E-state index contributed by atoms with van der Waals surface area (Å²) < 4.78 is 2.33. The SMILES string of the molecule is Clc1c(Nc2ccccc2)cc(-n2c3ccccc3c3ccccc32)cc1N(c1ccccc1)c1ccccc1. The summed E-state index contributed by atoms with van der Waals surface area (Å²) in [6.45, 7) is 0. The van der Waals surface area contributed by atoms with Gasteiger partial charge in [0.15, 0.2) is 0 Å². The van der Waals surface area contributed by atoms with Crippen molar-refractivity contribution in [2.45, 2.75) is 0 Å². The first-order valence-corrected chi connectivity index (χ1v) is 13.7. The van der Waals surface area contributed by atoms with Gasteiger partial charge in [0.2, 0.25) is 0 Å². The molecule has 0 fully saturated rings. The fourth-order valence-corrected chi connectivity index (χ4v) is 5.68.